The van der Waals surface area contributed by atoms with Crippen molar-refractivity contribution in [2.75, 3.05) is 20.2 Å². The second kappa shape index (κ2) is 10.9. The summed E-state index contributed by atoms with van der Waals surface area (Å²) in [7, 11) is 1.68. The lowest BCUT2D eigenvalue weighted by Gasteiger charge is -2.12. The Morgan fingerprint density at radius 3 is 2.59 bits per heavy atom. The van der Waals surface area contributed by atoms with E-state index in [1.165, 1.54) is 31.2 Å². The van der Waals surface area contributed by atoms with Gasteiger partial charge in [-0.25, -0.2) is 0 Å². The molecule has 1 rings (SSSR count). The van der Waals surface area contributed by atoms with E-state index in [4.69, 9.17) is 10.5 Å². The molecule has 0 aliphatic rings. The van der Waals surface area contributed by atoms with E-state index in [0.717, 1.165) is 25.3 Å². The van der Waals surface area contributed by atoms with Gasteiger partial charge in [-0.1, -0.05) is 45.2 Å². The molecule has 0 heterocycles. The average molecular weight is 305 g/mol. The lowest BCUT2D eigenvalue weighted by molar-refractivity contribution is 0.414. The number of nitrogens with one attached hydrogen (secondary N) is 1. The molecular weight excluding hydrogens is 274 g/mol. The number of hydrogen-bond acceptors (Lipinski definition) is 2. The maximum absolute atomic E-state index is 5.93. The van der Waals surface area contributed by atoms with Gasteiger partial charge in [0.1, 0.15) is 5.75 Å². The number of nitrogens with zero attached hydrogens (tertiary/aromatic N) is 1. The summed E-state index contributed by atoms with van der Waals surface area (Å²) >= 11 is 0. The van der Waals surface area contributed by atoms with Crippen molar-refractivity contribution in [1.29, 1.82) is 0 Å². The van der Waals surface area contributed by atoms with Crippen molar-refractivity contribution in [2.24, 2.45) is 16.6 Å². The largest absolute Gasteiger partial charge is 0.497 e. The highest BCUT2D eigenvalue weighted by atomic mass is 16.5. The Balaban J connectivity index is 2.28. The van der Waals surface area contributed by atoms with Crippen LogP contribution in [0, 0.1) is 5.92 Å². The van der Waals surface area contributed by atoms with Crippen LogP contribution in [-0.4, -0.2) is 26.2 Å². The van der Waals surface area contributed by atoms with Gasteiger partial charge in [-0.3, -0.25) is 4.99 Å². The molecule has 0 amide bonds. The number of ether oxygens (including phenoxy) is 1. The first kappa shape index (κ1) is 18.3. The summed E-state index contributed by atoms with van der Waals surface area (Å²) in [5, 5.41) is 3.19. The van der Waals surface area contributed by atoms with Gasteiger partial charge in [-0.2, -0.15) is 0 Å². The fraction of sp³-hybridized carbons (Fsp3) is 0.611. The summed E-state index contributed by atoms with van der Waals surface area (Å²) in [5.41, 5.74) is 7.19. The van der Waals surface area contributed by atoms with Gasteiger partial charge in [0, 0.05) is 13.1 Å². The van der Waals surface area contributed by atoms with Crippen molar-refractivity contribution in [1.82, 2.24) is 5.32 Å². The topological polar surface area (TPSA) is 59.6 Å². The normalized spacial score (nSPS) is 13.0. The van der Waals surface area contributed by atoms with Gasteiger partial charge in [0.15, 0.2) is 5.96 Å². The molecular formula is C18H31N3O. The molecule has 1 aromatic rings. The highest BCUT2D eigenvalue weighted by Gasteiger charge is 2.04. The number of nitrogens with two attached hydrogens (primary N) is 1. The van der Waals surface area contributed by atoms with Crippen LogP contribution in [0.2, 0.25) is 0 Å². The van der Waals surface area contributed by atoms with Crippen LogP contribution in [0.3, 0.4) is 0 Å². The summed E-state index contributed by atoms with van der Waals surface area (Å²) in [6.07, 6.45) is 5.86. The molecule has 0 saturated heterocycles. The second-order valence-corrected chi connectivity index (χ2v) is 5.67. The van der Waals surface area contributed by atoms with Crippen LogP contribution >= 0.6 is 0 Å². The minimum atomic E-state index is 0.559. The number of methoxy groups -OCH3 is 1. The van der Waals surface area contributed by atoms with Crippen molar-refractivity contribution in [3.63, 3.8) is 0 Å². The zero-order chi connectivity index (χ0) is 16.2. The number of unbranched alkanes of at least 4 members (excludes halogenated alkanes) is 1. The molecule has 0 spiro atoms. The van der Waals surface area contributed by atoms with Crippen molar-refractivity contribution in [2.45, 2.75) is 46.0 Å². The zero-order valence-corrected chi connectivity index (χ0v) is 14.3. The smallest absolute Gasteiger partial charge is 0.188 e. The first-order chi connectivity index (χ1) is 10.7. The summed E-state index contributed by atoms with van der Waals surface area (Å²) in [6.45, 7) is 6.08. The highest BCUT2D eigenvalue weighted by Crippen LogP contribution is 2.13. The SMILES string of the molecule is CCCC[C@@H](CC)CN=C(N)NCCc1ccc(OC)cc1. The predicted molar refractivity (Wildman–Crippen MR) is 94.5 cm³/mol. The van der Waals surface area contributed by atoms with Gasteiger partial charge in [0.05, 0.1) is 7.11 Å². The summed E-state index contributed by atoms with van der Waals surface area (Å²) in [5.74, 6) is 2.10. The quantitative estimate of drug-likeness (QED) is 0.515. The van der Waals surface area contributed by atoms with Crippen LogP contribution in [0.4, 0.5) is 0 Å². The van der Waals surface area contributed by atoms with Crippen LogP contribution in [0.15, 0.2) is 29.3 Å². The lowest BCUT2D eigenvalue weighted by Crippen LogP contribution is -2.33. The molecule has 0 unspecified atom stereocenters. The molecule has 4 heteroatoms. The molecule has 124 valence electrons. The third-order valence-corrected chi connectivity index (χ3v) is 3.94. The first-order valence-corrected chi connectivity index (χ1v) is 8.36. The van der Waals surface area contributed by atoms with Crippen molar-refractivity contribution in [3.05, 3.63) is 29.8 Å². The average Bonchev–Trinajstić information content (AvgIpc) is 2.55. The Labute approximate surface area is 135 Å². The van der Waals surface area contributed by atoms with Crippen LogP contribution in [0.5, 0.6) is 5.75 Å². The molecule has 0 bridgehead atoms. The molecule has 4 nitrogen and oxygen atoms in total. The molecule has 1 aromatic carbocycles. The van der Waals surface area contributed by atoms with E-state index in [0.29, 0.717) is 11.9 Å². The van der Waals surface area contributed by atoms with Gasteiger partial charge >= 0.3 is 0 Å². The van der Waals surface area contributed by atoms with E-state index in [2.05, 4.69) is 36.3 Å². The van der Waals surface area contributed by atoms with Crippen molar-refractivity contribution < 1.29 is 4.74 Å². The Hall–Kier alpha value is -1.71. The molecule has 0 aliphatic carbocycles. The lowest BCUT2D eigenvalue weighted by atomic mass is 10.00. The van der Waals surface area contributed by atoms with E-state index in [-0.39, 0.29) is 0 Å². The molecule has 22 heavy (non-hydrogen) atoms. The molecule has 3 N–H and O–H groups in total. The molecule has 0 saturated carbocycles. The van der Waals surface area contributed by atoms with E-state index in [1.54, 1.807) is 7.11 Å². The van der Waals surface area contributed by atoms with Gasteiger partial charge < -0.3 is 15.8 Å². The fourth-order valence-electron chi connectivity index (χ4n) is 2.33. The van der Waals surface area contributed by atoms with E-state index in [1.807, 2.05) is 12.1 Å². The van der Waals surface area contributed by atoms with E-state index < -0.39 is 0 Å². The maximum atomic E-state index is 5.93. The highest BCUT2D eigenvalue weighted by molar-refractivity contribution is 5.77. The minimum Gasteiger partial charge on any atom is -0.497 e. The van der Waals surface area contributed by atoms with Gasteiger partial charge in [0.25, 0.3) is 0 Å². The molecule has 0 aliphatic heterocycles. The van der Waals surface area contributed by atoms with Crippen LogP contribution in [0.1, 0.15) is 45.1 Å². The van der Waals surface area contributed by atoms with Crippen LogP contribution in [-0.2, 0) is 6.42 Å². The van der Waals surface area contributed by atoms with E-state index in [9.17, 15) is 0 Å². The number of hydrogen-bond donors (Lipinski definition) is 2. The van der Waals surface area contributed by atoms with E-state index >= 15 is 0 Å². The first-order valence-electron chi connectivity index (χ1n) is 8.36. The van der Waals surface area contributed by atoms with Crippen LogP contribution < -0.4 is 15.8 Å². The number of rotatable bonds is 10. The third kappa shape index (κ3) is 7.34. The fourth-order valence-corrected chi connectivity index (χ4v) is 2.33. The summed E-state index contributed by atoms with van der Waals surface area (Å²) in [4.78, 5) is 4.47. The summed E-state index contributed by atoms with van der Waals surface area (Å²) < 4.78 is 5.15. The number of guanidine groups is 1. The van der Waals surface area contributed by atoms with Gasteiger partial charge in [-0.15, -0.1) is 0 Å². The Kier molecular flexibility index (Phi) is 9.12. The van der Waals surface area contributed by atoms with Crippen LogP contribution in [0.25, 0.3) is 0 Å². The summed E-state index contributed by atoms with van der Waals surface area (Å²) in [6, 6.07) is 8.11. The molecule has 0 radical (unpaired) electrons. The minimum absolute atomic E-state index is 0.559. The Morgan fingerprint density at radius 1 is 1.27 bits per heavy atom. The Morgan fingerprint density at radius 2 is 2.00 bits per heavy atom. The van der Waals surface area contributed by atoms with Gasteiger partial charge in [-0.05, 0) is 36.5 Å². The second-order valence-electron chi connectivity index (χ2n) is 5.67. The molecule has 0 aromatic heterocycles. The molecule has 0 fully saturated rings. The zero-order valence-electron chi connectivity index (χ0n) is 14.3. The monoisotopic (exact) mass is 305 g/mol. The van der Waals surface area contributed by atoms with Crippen molar-refractivity contribution >= 4 is 5.96 Å². The standard InChI is InChI=1S/C18H31N3O/c1-4-6-7-15(5-2)14-21-18(19)20-13-12-16-8-10-17(22-3)11-9-16/h8-11,15H,4-7,12-14H2,1-3H3,(H3,19,20,21)/t15-/m1/s1. The third-order valence-electron chi connectivity index (χ3n) is 3.94. The predicted octanol–water partition coefficient (Wildman–Crippen LogP) is 3.36. The maximum Gasteiger partial charge on any atom is 0.188 e. The van der Waals surface area contributed by atoms with Crippen molar-refractivity contribution in [3.8, 4) is 5.75 Å². The van der Waals surface area contributed by atoms with Gasteiger partial charge in [0.2, 0.25) is 0 Å². The number of benzene rings is 1. The Bertz CT molecular complexity index is 428. The number of aliphatic imine (C=N–C) groups is 1. The molecule has 1 atom stereocenters.